The number of rotatable bonds is 11. The Kier molecular flexibility index (Phi) is 9.43. The molecule has 0 bridgehead atoms. The Morgan fingerprint density at radius 2 is 1.96 bits per heavy atom. The van der Waals surface area contributed by atoms with Gasteiger partial charge in [0.05, 0.1) is 12.2 Å². The number of hydrogen-bond donors (Lipinski definition) is 0. The lowest BCUT2D eigenvalue weighted by Gasteiger charge is -2.40. The normalized spacial score (nSPS) is 23.5. The highest BCUT2D eigenvalue weighted by molar-refractivity contribution is 6.74. The summed E-state index contributed by atoms with van der Waals surface area (Å²) in [6.45, 7) is 21.6. The highest BCUT2D eigenvalue weighted by Gasteiger charge is 2.40. The van der Waals surface area contributed by atoms with Crippen LogP contribution in [0.4, 0.5) is 0 Å². The number of carbonyl (C=O) groups excluding carboxylic acids is 1. The van der Waals surface area contributed by atoms with Gasteiger partial charge in [0.1, 0.15) is 5.78 Å². The molecule has 0 aromatic carbocycles. The third-order valence-electron chi connectivity index (χ3n) is 6.51. The average molecular weight is 397 g/mol. The van der Waals surface area contributed by atoms with Gasteiger partial charge in [-0.15, -0.1) is 0 Å². The van der Waals surface area contributed by atoms with Crippen LogP contribution in [0.1, 0.15) is 86.5 Å². The molecule has 2 unspecified atom stereocenters. The van der Waals surface area contributed by atoms with E-state index >= 15 is 0 Å². The number of ether oxygens (including phenoxy) is 1. The predicted octanol–water partition coefficient (Wildman–Crippen LogP) is 6.68. The van der Waals surface area contributed by atoms with Gasteiger partial charge in [-0.3, -0.25) is 4.79 Å². The van der Waals surface area contributed by atoms with Crippen LogP contribution in [0.2, 0.25) is 18.1 Å². The van der Waals surface area contributed by atoms with Crippen LogP contribution in [0.3, 0.4) is 0 Å². The molecule has 1 aliphatic rings. The highest BCUT2D eigenvalue weighted by Crippen LogP contribution is 2.39. The third-order valence-corrected chi connectivity index (χ3v) is 11.0. The van der Waals surface area contributed by atoms with Crippen molar-refractivity contribution in [1.29, 1.82) is 0 Å². The van der Waals surface area contributed by atoms with Crippen molar-refractivity contribution in [3.8, 4) is 0 Å². The molecule has 0 aromatic heterocycles. The van der Waals surface area contributed by atoms with E-state index in [0.717, 1.165) is 32.1 Å². The first kappa shape index (κ1) is 24.6. The van der Waals surface area contributed by atoms with E-state index in [9.17, 15) is 4.79 Å². The predicted molar refractivity (Wildman–Crippen MR) is 118 cm³/mol. The largest absolute Gasteiger partial charge is 0.414 e. The van der Waals surface area contributed by atoms with Crippen molar-refractivity contribution in [2.24, 2.45) is 5.92 Å². The first-order chi connectivity index (χ1) is 12.4. The molecule has 1 rings (SSSR count). The van der Waals surface area contributed by atoms with E-state index in [1.54, 1.807) is 6.92 Å². The fourth-order valence-corrected chi connectivity index (χ4v) is 4.79. The maximum absolute atomic E-state index is 11.8. The maximum Gasteiger partial charge on any atom is 0.192 e. The Bertz CT molecular complexity index is 492. The molecule has 0 saturated carbocycles. The maximum atomic E-state index is 11.8. The van der Waals surface area contributed by atoms with Gasteiger partial charge in [0, 0.05) is 12.0 Å². The average Bonchev–Trinajstić information content (AvgIpc) is 2.89. The zero-order valence-corrected chi connectivity index (χ0v) is 20.2. The van der Waals surface area contributed by atoms with Crippen molar-refractivity contribution in [1.82, 2.24) is 0 Å². The smallest absolute Gasteiger partial charge is 0.192 e. The minimum Gasteiger partial charge on any atom is -0.414 e. The van der Waals surface area contributed by atoms with E-state index in [1.807, 2.05) is 6.92 Å². The van der Waals surface area contributed by atoms with Crippen LogP contribution in [0, 0.1) is 5.92 Å². The molecule has 0 aliphatic carbocycles. The van der Waals surface area contributed by atoms with E-state index in [2.05, 4.69) is 47.4 Å². The minimum absolute atomic E-state index is 0.0461. The Morgan fingerprint density at radius 1 is 1.33 bits per heavy atom. The highest BCUT2D eigenvalue weighted by atomic mass is 28.4. The summed E-state index contributed by atoms with van der Waals surface area (Å²) in [7, 11) is -1.87. The summed E-state index contributed by atoms with van der Waals surface area (Å²) in [4.78, 5) is 11.8. The quantitative estimate of drug-likeness (QED) is 0.289. The Labute approximate surface area is 169 Å². The van der Waals surface area contributed by atoms with Crippen LogP contribution in [0.25, 0.3) is 0 Å². The van der Waals surface area contributed by atoms with Gasteiger partial charge in [-0.1, -0.05) is 54.0 Å². The summed E-state index contributed by atoms with van der Waals surface area (Å²) in [6, 6.07) is 0. The number of hydrogen-bond acceptors (Lipinski definition) is 3. The molecule has 158 valence electrons. The molecule has 0 aromatic rings. The molecular weight excluding hydrogens is 352 g/mol. The Morgan fingerprint density at radius 3 is 2.48 bits per heavy atom. The van der Waals surface area contributed by atoms with Gasteiger partial charge in [0.15, 0.2) is 8.32 Å². The van der Waals surface area contributed by atoms with Gasteiger partial charge in [-0.2, -0.15) is 0 Å². The van der Waals surface area contributed by atoms with Gasteiger partial charge in [-0.25, -0.2) is 0 Å². The van der Waals surface area contributed by atoms with Crippen molar-refractivity contribution in [2.75, 3.05) is 0 Å². The molecule has 3 nitrogen and oxygen atoms in total. The van der Waals surface area contributed by atoms with Crippen LogP contribution in [0.5, 0.6) is 0 Å². The second-order valence-electron chi connectivity index (χ2n) is 10.1. The standard InChI is InChI=1S/C23H44O3Si/c1-10-11-12-20-16-18(3)22(25-20)14-13-21(15-17(2)19(4)24)26-27(8,9)23(5,6)7/h17,20-22H,3,10-16H2,1-2,4-9H3/t17-,20?,21+,22?/m1/s1. The van der Waals surface area contributed by atoms with Crippen molar-refractivity contribution in [3.63, 3.8) is 0 Å². The number of Topliss-reactive ketones (excluding diaryl/α,β-unsaturated/α-hetero) is 1. The second-order valence-corrected chi connectivity index (χ2v) is 14.8. The Balaban J connectivity index is 2.71. The summed E-state index contributed by atoms with van der Waals surface area (Å²) in [5.74, 6) is 0.296. The Hall–Kier alpha value is -0.453. The minimum atomic E-state index is -1.87. The summed E-state index contributed by atoms with van der Waals surface area (Å²) >= 11 is 0. The number of ketones is 1. The number of carbonyl (C=O) groups is 1. The summed E-state index contributed by atoms with van der Waals surface area (Å²) in [5.41, 5.74) is 1.24. The lowest BCUT2D eigenvalue weighted by Crippen LogP contribution is -2.44. The fourth-order valence-electron chi connectivity index (χ4n) is 3.39. The molecular formula is C23H44O3Si. The molecule has 0 N–H and O–H groups in total. The lowest BCUT2D eigenvalue weighted by atomic mass is 9.95. The van der Waals surface area contributed by atoms with Crippen LogP contribution < -0.4 is 0 Å². The van der Waals surface area contributed by atoms with Gasteiger partial charge in [0.2, 0.25) is 0 Å². The molecule has 1 fully saturated rings. The molecule has 1 saturated heterocycles. The van der Waals surface area contributed by atoms with Crippen LogP contribution in [-0.2, 0) is 14.0 Å². The van der Waals surface area contributed by atoms with Crippen molar-refractivity contribution in [2.45, 2.75) is 123 Å². The SMILES string of the molecule is C=C1CC(CCCC)OC1CC[C@@H](C[C@@H](C)C(C)=O)O[Si](C)(C)C(C)(C)C. The molecule has 0 amide bonds. The first-order valence-electron chi connectivity index (χ1n) is 10.9. The molecule has 1 aliphatic heterocycles. The zero-order valence-electron chi connectivity index (χ0n) is 19.2. The zero-order chi connectivity index (χ0) is 20.8. The van der Waals surface area contributed by atoms with Crippen LogP contribution in [-0.4, -0.2) is 32.4 Å². The topological polar surface area (TPSA) is 35.5 Å². The summed E-state index contributed by atoms with van der Waals surface area (Å²) < 4.78 is 13.0. The van der Waals surface area contributed by atoms with Gasteiger partial charge < -0.3 is 9.16 Å². The third kappa shape index (κ3) is 7.82. The van der Waals surface area contributed by atoms with Gasteiger partial charge >= 0.3 is 0 Å². The lowest BCUT2D eigenvalue weighted by molar-refractivity contribution is -0.121. The molecule has 27 heavy (non-hydrogen) atoms. The van der Waals surface area contributed by atoms with Crippen LogP contribution >= 0.6 is 0 Å². The van der Waals surface area contributed by atoms with E-state index in [0.29, 0.717) is 6.10 Å². The van der Waals surface area contributed by atoms with Crippen molar-refractivity contribution in [3.05, 3.63) is 12.2 Å². The molecule has 4 heteroatoms. The second kappa shape index (κ2) is 10.4. The molecule has 0 radical (unpaired) electrons. The van der Waals surface area contributed by atoms with E-state index in [1.165, 1.54) is 18.4 Å². The van der Waals surface area contributed by atoms with Gasteiger partial charge in [0.25, 0.3) is 0 Å². The summed E-state index contributed by atoms with van der Waals surface area (Å²) in [6.07, 6.45) is 7.89. The monoisotopic (exact) mass is 396 g/mol. The van der Waals surface area contributed by atoms with E-state index in [4.69, 9.17) is 9.16 Å². The first-order valence-corrected chi connectivity index (χ1v) is 13.8. The summed E-state index contributed by atoms with van der Waals surface area (Å²) in [5, 5.41) is 0.170. The van der Waals surface area contributed by atoms with E-state index in [-0.39, 0.29) is 28.9 Å². The van der Waals surface area contributed by atoms with E-state index < -0.39 is 8.32 Å². The van der Waals surface area contributed by atoms with Crippen molar-refractivity contribution >= 4 is 14.1 Å². The molecule has 4 atom stereocenters. The van der Waals surface area contributed by atoms with Crippen LogP contribution in [0.15, 0.2) is 12.2 Å². The number of unbranched alkanes of at least 4 members (excludes halogenated alkanes) is 1. The molecule has 1 heterocycles. The molecule has 0 spiro atoms. The van der Waals surface area contributed by atoms with Crippen molar-refractivity contribution < 1.29 is 14.0 Å². The van der Waals surface area contributed by atoms with Gasteiger partial charge in [-0.05, 0) is 62.7 Å². The fraction of sp³-hybridized carbons (Fsp3) is 0.870.